The Morgan fingerprint density at radius 1 is 0.557 bits per heavy atom. The van der Waals surface area contributed by atoms with Crippen LogP contribution in [0.2, 0.25) is 0 Å². The summed E-state index contributed by atoms with van der Waals surface area (Å²) in [6.07, 6.45) is 53.5. The van der Waals surface area contributed by atoms with Crippen molar-refractivity contribution in [3.05, 3.63) is 24.3 Å². The third-order valence-electron chi connectivity index (χ3n) is 12.0. The Kier molecular flexibility index (Phi) is 43.5. The van der Waals surface area contributed by atoms with E-state index in [9.17, 15) is 19.4 Å². The van der Waals surface area contributed by atoms with E-state index in [2.05, 4.69) is 43.5 Å². The van der Waals surface area contributed by atoms with Crippen LogP contribution >= 0.6 is 7.82 Å². The Labute approximate surface area is 379 Å². The zero-order chi connectivity index (χ0) is 45.0. The average molecular weight is 884 g/mol. The Bertz CT molecular complexity index is 1050. The number of allylic oxidation sites excluding steroid dienone is 4. The maximum Gasteiger partial charge on any atom is 0.472 e. The molecule has 0 spiro atoms. The number of phosphoric ester groups is 1. The second-order valence-corrected chi connectivity index (χ2v) is 20.7. The van der Waals surface area contributed by atoms with E-state index in [-0.39, 0.29) is 19.1 Å². The molecule has 9 heteroatoms. The van der Waals surface area contributed by atoms with E-state index >= 15 is 0 Å². The molecule has 0 fully saturated rings. The number of nitrogens with zero attached hydrogens (tertiary/aromatic N) is 1. The van der Waals surface area contributed by atoms with E-state index < -0.39 is 20.0 Å². The molecular formula is C52H104N2O6P+. The van der Waals surface area contributed by atoms with Crippen LogP contribution in [0.1, 0.15) is 251 Å². The molecule has 0 aliphatic rings. The SMILES string of the molecule is CCCCCC/C=C\C/C=C\CCCCCCCCCC(=O)NC(COP(=O)(O)OCC[N+](C)(C)C)C(O)CCCCCCCCCCCCCCCCCCCCCCC. The summed E-state index contributed by atoms with van der Waals surface area (Å²) in [5.74, 6) is -0.150. The molecule has 3 atom stereocenters. The molecule has 8 nitrogen and oxygen atoms in total. The van der Waals surface area contributed by atoms with Crippen molar-refractivity contribution in [1.29, 1.82) is 0 Å². The van der Waals surface area contributed by atoms with Crippen molar-refractivity contribution in [2.24, 2.45) is 0 Å². The molecule has 0 saturated heterocycles. The van der Waals surface area contributed by atoms with Gasteiger partial charge in [0, 0.05) is 6.42 Å². The Balaban J connectivity index is 4.25. The van der Waals surface area contributed by atoms with E-state index in [1.165, 1.54) is 173 Å². The summed E-state index contributed by atoms with van der Waals surface area (Å²) in [7, 11) is 1.62. The number of rotatable bonds is 48. The molecule has 0 aliphatic carbocycles. The zero-order valence-electron chi connectivity index (χ0n) is 41.2. The summed E-state index contributed by atoms with van der Waals surface area (Å²) in [4.78, 5) is 23.3. The highest BCUT2D eigenvalue weighted by molar-refractivity contribution is 7.47. The van der Waals surface area contributed by atoms with E-state index in [0.717, 1.165) is 51.4 Å². The van der Waals surface area contributed by atoms with E-state index in [1.54, 1.807) is 0 Å². The topological polar surface area (TPSA) is 105 Å². The molecule has 0 aromatic heterocycles. The number of hydrogen-bond donors (Lipinski definition) is 3. The molecule has 0 saturated carbocycles. The monoisotopic (exact) mass is 884 g/mol. The number of carbonyl (C=O) groups excluding carboxylic acids is 1. The third-order valence-corrected chi connectivity index (χ3v) is 12.9. The van der Waals surface area contributed by atoms with Crippen LogP contribution in [-0.4, -0.2) is 73.4 Å². The minimum absolute atomic E-state index is 0.0739. The van der Waals surface area contributed by atoms with Gasteiger partial charge in [0.25, 0.3) is 0 Å². The Hall–Kier alpha value is -1.02. The first-order valence-corrected chi connectivity index (χ1v) is 27.7. The predicted octanol–water partition coefficient (Wildman–Crippen LogP) is 15.3. The molecule has 0 heterocycles. The lowest BCUT2D eigenvalue weighted by Gasteiger charge is -2.26. The number of nitrogens with one attached hydrogen (secondary N) is 1. The molecule has 0 bridgehead atoms. The molecular weight excluding hydrogens is 780 g/mol. The van der Waals surface area contributed by atoms with Crippen LogP contribution in [0, 0.1) is 0 Å². The molecule has 0 aromatic carbocycles. The molecule has 0 radical (unpaired) electrons. The van der Waals surface area contributed by atoms with Gasteiger partial charge in [0.05, 0.1) is 39.9 Å². The predicted molar refractivity (Wildman–Crippen MR) is 263 cm³/mol. The highest BCUT2D eigenvalue weighted by Crippen LogP contribution is 2.43. The third kappa shape index (κ3) is 46.8. The maximum atomic E-state index is 12.9. The number of aliphatic hydroxyl groups excluding tert-OH is 1. The van der Waals surface area contributed by atoms with E-state index in [4.69, 9.17) is 9.05 Å². The molecule has 61 heavy (non-hydrogen) atoms. The lowest BCUT2D eigenvalue weighted by molar-refractivity contribution is -0.870. The quantitative estimate of drug-likeness (QED) is 0.0243. The largest absolute Gasteiger partial charge is 0.472 e. The van der Waals surface area contributed by atoms with Gasteiger partial charge in [0.1, 0.15) is 13.2 Å². The van der Waals surface area contributed by atoms with Crippen molar-refractivity contribution in [3.63, 3.8) is 0 Å². The lowest BCUT2D eigenvalue weighted by Crippen LogP contribution is -2.46. The van der Waals surface area contributed by atoms with Gasteiger partial charge in [-0.3, -0.25) is 13.8 Å². The second kappa shape index (κ2) is 44.2. The first-order chi connectivity index (χ1) is 29.5. The highest BCUT2D eigenvalue weighted by atomic mass is 31.2. The highest BCUT2D eigenvalue weighted by Gasteiger charge is 2.28. The maximum absolute atomic E-state index is 12.9. The van der Waals surface area contributed by atoms with Gasteiger partial charge < -0.3 is 19.8 Å². The summed E-state index contributed by atoms with van der Waals surface area (Å²) >= 11 is 0. The second-order valence-electron chi connectivity index (χ2n) is 19.3. The van der Waals surface area contributed by atoms with Crippen molar-refractivity contribution in [3.8, 4) is 0 Å². The molecule has 0 aliphatic heterocycles. The summed E-state index contributed by atoms with van der Waals surface area (Å²) in [6, 6.07) is -0.763. The van der Waals surface area contributed by atoms with Gasteiger partial charge in [0.2, 0.25) is 5.91 Å². The number of likely N-dealkylation sites (N-methyl/N-ethyl adjacent to an activating group) is 1. The molecule has 362 valence electrons. The number of carbonyl (C=O) groups is 1. The number of hydrogen-bond acceptors (Lipinski definition) is 5. The Morgan fingerprint density at radius 2 is 0.934 bits per heavy atom. The fourth-order valence-electron chi connectivity index (χ4n) is 7.78. The van der Waals surface area contributed by atoms with Gasteiger partial charge in [-0.2, -0.15) is 0 Å². The van der Waals surface area contributed by atoms with Gasteiger partial charge in [0.15, 0.2) is 0 Å². The number of phosphoric acid groups is 1. The lowest BCUT2D eigenvalue weighted by atomic mass is 10.0. The number of amides is 1. The van der Waals surface area contributed by atoms with Crippen molar-refractivity contribution in [2.75, 3.05) is 40.9 Å². The number of unbranched alkanes of at least 4 members (excludes halogenated alkanes) is 31. The van der Waals surface area contributed by atoms with Gasteiger partial charge in [-0.25, -0.2) is 4.57 Å². The summed E-state index contributed by atoms with van der Waals surface area (Å²) < 4.78 is 23.7. The van der Waals surface area contributed by atoms with E-state index in [1.807, 2.05) is 21.1 Å². The molecule has 0 rings (SSSR count). The summed E-state index contributed by atoms with van der Waals surface area (Å²) in [5, 5.41) is 14.0. The molecule has 3 N–H and O–H groups in total. The van der Waals surface area contributed by atoms with Crippen LogP contribution in [0.25, 0.3) is 0 Å². The van der Waals surface area contributed by atoms with Crippen molar-refractivity contribution < 1.29 is 32.9 Å². The summed E-state index contributed by atoms with van der Waals surface area (Å²) in [5.41, 5.74) is 0. The first kappa shape index (κ1) is 60.0. The van der Waals surface area contributed by atoms with Gasteiger partial charge in [-0.1, -0.05) is 224 Å². The van der Waals surface area contributed by atoms with Crippen LogP contribution in [0.5, 0.6) is 0 Å². The number of aliphatic hydroxyl groups is 1. The fraction of sp³-hybridized carbons (Fsp3) is 0.904. The van der Waals surface area contributed by atoms with Crippen molar-refractivity contribution >= 4 is 13.7 Å². The van der Waals surface area contributed by atoms with Gasteiger partial charge in [-0.15, -0.1) is 0 Å². The summed E-state index contributed by atoms with van der Waals surface area (Å²) in [6.45, 7) is 4.89. The minimum Gasteiger partial charge on any atom is -0.391 e. The number of quaternary nitrogens is 1. The molecule has 0 aromatic rings. The van der Waals surface area contributed by atoms with Crippen LogP contribution < -0.4 is 5.32 Å². The van der Waals surface area contributed by atoms with Crippen molar-refractivity contribution in [1.82, 2.24) is 5.32 Å². The minimum atomic E-state index is -4.32. The Morgan fingerprint density at radius 3 is 1.36 bits per heavy atom. The standard InChI is InChI=1S/C52H103N2O6P/c1-6-8-10-12-14-16-18-20-22-24-26-27-28-29-31-33-35-37-39-41-43-45-51(55)50(49-60-61(57,58)59-48-47-54(3,4)5)53-52(56)46-44-42-40-38-36-34-32-30-25-23-21-19-17-15-13-11-9-7-2/h17,19,23,25,50-51,55H,6-16,18,20-22,24,26-49H2,1-5H3,(H-,53,56,57,58)/p+1/b19-17-,25-23-. The normalized spacial score (nSPS) is 14.3. The van der Waals surface area contributed by atoms with Crippen LogP contribution in [0.15, 0.2) is 24.3 Å². The van der Waals surface area contributed by atoms with Crippen LogP contribution in [0.3, 0.4) is 0 Å². The van der Waals surface area contributed by atoms with E-state index in [0.29, 0.717) is 23.9 Å². The van der Waals surface area contributed by atoms with Gasteiger partial charge in [-0.05, 0) is 44.9 Å². The first-order valence-electron chi connectivity index (χ1n) is 26.2. The smallest absolute Gasteiger partial charge is 0.391 e. The fourth-order valence-corrected chi connectivity index (χ4v) is 8.52. The van der Waals surface area contributed by atoms with Gasteiger partial charge >= 0.3 is 7.82 Å². The average Bonchev–Trinajstić information content (AvgIpc) is 3.21. The zero-order valence-corrected chi connectivity index (χ0v) is 42.1. The van der Waals surface area contributed by atoms with Crippen LogP contribution in [0.4, 0.5) is 0 Å². The molecule has 1 amide bonds. The molecule has 3 unspecified atom stereocenters. The van der Waals surface area contributed by atoms with Crippen LogP contribution in [-0.2, 0) is 18.4 Å². The van der Waals surface area contributed by atoms with Crippen molar-refractivity contribution in [2.45, 2.75) is 264 Å².